The number of amides is 1. The normalized spacial score (nSPS) is 19.1. The lowest BCUT2D eigenvalue weighted by Crippen LogP contribution is -2.38. The number of rotatable bonds is 4. The maximum Gasteiger partial charge on any atom is 0.251 e. The number of methoxy groups -OCH3 is 1. The van der Waals surface area contributed by atoms with Crippen molar-refractivity contribution in [3.63, 3.8) is 0 Å². The van der Waals surface area contributed by atoms with Gasteiger partial charge in [-0.1, -0.05) is 0 Å². The molecule has 1 amide bonds. The van der Waals surface area contributed by atoms with E-state index in [-0.39, 0.29) is 12.5 Å². The van der Waals surface area contributed by atoms with Crippen molar-refractivity contribution >= 4 is 5.91 Å². The van der Waals surface area contributed by atoms with Crippen molar-refractivity contribution in [3.8, 4) is 0 Å². The van der Waals surface area contributed by atoms with Gasteiger partial charge in [0.15, 0.2) is 0 Å². The largest absolute Gasteiger partial charge is 0.396 e. The molecule has 1 atom stereocenters. The van der Waals surface area contributed by atoms with E-state index >= 15 is 0 Å². The van der Waals surface area contributed by atoms with Gasteiger partial charge in [-0.2, -0.15) is 0 Å². The van der Waals surface area contributed by atoms with Crippen LogP contribution in [0.5, 0.6) is 0 Å². The highest BCUT2D eigenvalue weighted by molar-refractivity contribution is 5.81. The monoisotopic (exact) mass is 187 g/mol. The number of aliphatic hydroxyl groups is 1. The number of ether oxygens (including phenoxy) is 1. The molecule has 0 aromatic carbocycles. The van der Waals surface area contributed by atoms with Gasteiger partial charge in [0.25, 0.3) is 5.91 Å². The van der Waals surface area contributed by atoms with Crippen LogP contribution >= 0.6 is 0 Å². The van der Waals surface area contributed by atoms with Crippen molar-refractivity contribution in [2.24, 2.45) is 0 Å². The highest BCUT2D eigenvalue weighted by atomic mass is 16.5. The van der Waals surface area contributed by atoms with Crippen molar-refractivity contribution in [1.29, 1.82) is 0 Å². The molecule has 0 spiro atoms. The molecule has 0 aliphatic carbocycles. The number of likely N-dealkylation sites (tertiary alicyclic amines) is 1. The molecular weight excluding hydrogens is 170 g/mol. The fourth-order valence-corrected chi connectivity index (χ4v) is 1.60. The van der Waals surface area contributed by atoms with Crippen LogP contribution in [-0.4, -0.2) is 48.8 Å². The number of carbonyl (C=O) groups is 1. The number of hydrogen-bond donors (Lipinski definition) is 1. The summed E-state index contributed by atoms with van der Waals surface area (Å²) >= 11 is 0. The zero-order valence-corrected chi connectivity index (χ0v) is 8.03. The molecule has 0 aromatic heterocycles. The average Bonchev–Trinajstić information content (AvgIpc) is 2.65. The highest BCUT2D eigenvalue weighted by Crippen LogP contribution is 2.11. The molecule has 4 heteroatoms. The second-order valence-electron chi connectivity index (χ2n) is 3.27. The van der Waals surface area contributed by atoms with Crippen molar-refractivity contribution in [3.05, 3.63) is 0 Å². The summed E-state index contributed by atoms with van der Waals surface area (Å²) in [5.74, 6) is 0.0223. The Balaban J connectivity index is 2.42. The molecule has 76 valence electrons. The molecule has 1 aliphatic heterocycles. The van der Waals surface area contributed by atoms with Crippen LogP contribution in [-0.2, 0) is 9.53 Å². The lowest BCUT2D eigenvalue weighted by Gasteiger charge is -2.21. The van der Waals surface area contributed by atoms with Crippen LogP contribution in [0, 0.1) is 0 Å². The number of nitrogens with zero attached hydrogens (tertiary/aromatic N) is 1. The smallest absolute Gasteiger partial charge is 0.251 e. The van der Waals surface area contributed by atoms with Gasteiger partial charge in [-0.25, -0.2) is 0 Å². The van der Waals surface area contributed by atoms with Crippen molar-refractivity contribution in [2.75, 3.05) is 26.8 Å². The van der Waals surface area contributed by atoms with Crippen LogP contribution in [0.25, 0.3) is 0 Å². The molecule has 4 nitrogen and oxygen atoms in total. The van der Waals surface area contributed by atoms with Gasteiger partial charge in [-0.15, -0.1) is 0 Å². The predicted octanol–water partition coefficient (Wildman–Crippen LogP) is 0.00620. The topological polar surface area (TPSA) is 49.8 Å². The van der Waals surface area contributed by atoms with E-state index in [1.165, 1.54) is 7.11 Å². The molecule has 1 fully saturated rings. The first-order valence-corrected chi connectivity index (χ1v) is 4.72. The van der Waals surface area contributed by atoms with Gasteiger partial charge in [-0.05, 0) is 12.8 Å². The second-order valence-corrected chi connectivity index (χ2v) is 3.27. The van der Waals surface area contributed by atoms with Crippen molar-refractivity contribution in [1.82, 2.24) is 4.90 Å². The summed E-state index contributed by atoms with van der Waals surface area (Å²) in [6.07, 6.45) is 2.11. The van der Waals surface area contributed by atoms with Gasteiger partial charge < -0.3 is 14.7 Å². The van der Waals surface area contributed by atoms with Crippen LogP contribution in [0.4, 0.5) is 0 Å². The Morgan fingerprint density at radius 3 is 2.62 bits per heavy atom. The molecule has 1 heterocycles. The summed E-state index contributed by atoms with van der Waals surface area (Å²) in [6, 6.07) is 0. The first kappa shape index (κ1) is 10.5. The van der Waals surface area contributed by atoms with Gasteiger partial charge >= 0.3 is 0 Å². The van der Waals surface area contributed by atoms with E-state index in [1.54, 1.807) is 0 Å². The number of carbonyl (C=O) groups excluding carboxylic acids is 1. The van der Waals surface area contributed by atoms with Gasteiger partial charge in [0.1, 0.15) is 6.10 Å². The molecule has 1 rings (SSSR count). The third-order valence-electron chi connectivity index (χ3n) is 2.37. The first-order valence-electron chi connectivity index (χ1n) is 4.72. The minimum Gasteiger partial charge on any atom is -0.396 e. The Labute approximate surface area is 78.5 Å². The van der Waals surface area contributed by atoms with Crippen molar-refractivity contribution < 1.29 is 14.6 Å². The minimum atomic E-state index is -0.455. The number of aliphatic hydroxyl groups excluding tert-OH is 1. The third kappa shape index (κ3) is 2.67. The first-order chi connectivity index (χ1) is 6.29. The molecule has 0 unspecified atom stereocenters. The summed E-state index contributed by atoms with van der Waals surface area (Å²) < 4.78 is 5.01. The van der Waals surface area contributed by atoms with E-state index in [1.807, 2.05) is 4.90 Å². The maximum atomic E-state index is 11.7. The Morgan fingerprint density at radius 1 is 1.54 bits per heavy atom. The average molecular weight is 187 g/mol. The fourth-order valence-electron chi connectivity index (χ4n) is 1.60. The molecule has 0 aromatic rings. The van der Waals surface area contributed by atoms with E-state index in [0.29, 0.717) is 6.42 Å². The Bertz CT molecular complexity index is 166. The third-order valence-corrected chi connectivity index (χ3v) is 2.37. The molecular formula is C9H17NO3. The Morgan fingerprint density at radius 2 is 2.15 bits per heavy atom. The lowest BCUT2D eigenvalue weighted by atomic mass is 10.2. The zero-order chi connectivity index (χ0) is 9.68. The quantitative estimate of drug-likeness (QED) is 0.674. The van der Waals surface area contributed by atoms with E-state index in [2.05, 4.69) is 0 Å². The standard InChI is InChI=1S/C9H17NO3/c1-13-8(4-7-11)9(12)10-5-2-3-6-10/h8,11H,2-7H2,1H3/t8-/m0/s1. The van der Waals surface area contributed by atoms with Crippen LogP contribution in [0.2, 0.25) is 0 Å². The summed E-state index contributed by atoms with van der Waals surface area (Å²) in [5.41, 5.74) is 0. The van der Waals surface area contributed by atoms with Crippen molar-refractivity contribution in [2.45, 2.75) is 25.4 Å². The number of hydrogen-bond acceptors (Lipinski definition) is 3. The minimum absolute atomic E-state index is 0.00190. The molecule has 0 bridgehead atoms. The Hall–Kier alpha value is -0.610. The zero-order valence-electron chi connectivity index (χ0n) is 8.03. The van der Waals surface area contributed by atoms with E-state index in [9.17, 15) is 4.79 Å². The van der Waals surface area contributed by atoms with Gasteiger partial charge in [0.2, 0.25) is 0 Å². The van der Waals surface area contributed by atoms with E-state index in [4.69, 9.17) is 9.84 Å². The SMILES string of the molecule is CO[C@@H](CCO)C(=O)N1CCCC1. The molecule has 0 radical (unpaired) electrons. The molecule has 13 heavy (non-hydrogen) atoms. The second kappa shape index (κ2) is 5.19. The molecule has 1 N–H and O–H groups in total. The van der Waals surface area contributed by atoms with Crippen LogP contribution in [0.15, 0.2) is 0 Å². The van der Waals surface area contributed by atoms with E-state index in [0.717, 1.165) is 25.9 Å². The molecule has 0 saturated carbocycles. The summed E-state index contributed by atoms with van der Waals surface area (Å²) in [7, 11) is 1.51. The van der Waals surface area contributed by atoms with Crippen LogP contribution in [0.3, 0.4) is 0 Å². The summed E-state index contributed by atoms with van der Waals surface area (Å²) in [4.78, 5) is 13.5. The predicted molar refractivity (Wildman–Crippen MR) is 48.3 cm³/mol. The van der Waals surface area contributed by atoms with E-state index < -0.39 is 6.10 Å². The van der Waals surface area contributed by atoms with Gasteiger partial charge in [-0.3, -0.25) is 4.79 Å². The van der Waals surface area contributed by atoms with Gasteiger partial charge in [0, 0.05) is 33.2 Å². The highest BCUT2D eigenvalue weighted by Gasteiger charge is 2.25. The Kier molecular flexibility index (Phi) is 4.18. The fraction of sp³-hybridized carbons (Fsp3) is 0.889. The maximum absolute atomic E-state index is 11.7. The van der Waals surface area contributed by atoms with Crippen LogP contribution < -0.4 is 0 Å². The summed E-state index contributed by atoms with van der Waals surface area (Å²) in [5, 5.41) is 8.71. The van der Waals surface area contributed by atoms with Gasteiger partial charge in [0.05, 0.1) is 0 Å². The summed E-state index contributed by atoms with van der Waals surface area (Å²) in [6.45, 7) is 1.67. The molecule has 1 saturated heterocycles. The molecule has 1 aliphatic rings. The lowest BCUT2D eigenvalue weighted by molar-refractivity contribution is -0.141. The van der Waals surface area contributed by atoms with Crippen LogP contribution in [0.1, 0.15) is 19.3 Å².